The van der Waals surface area contributed by atoms with E-state index in [1.54, 1.807) is 19.1 Å². The van der Waals surface area contributed by atoms with E-state index in [2.05, 4.69) is 16.5 Å². The highest BCUT2D eigenvalue weighted by Gasteiger charge is 2.19. The Kier molecular flexibility index (Phi) is 5.68. The predicted molar refractivity (Wildman–Crippen MR) is 85.2 cm³/mol. The fraction of sp³-hybridized carbons (Fsp3) is 0.235. The van der Waals surface area contributed by atoms with E-state index >= 15 is 0 Å². The molecule has 0 saturated heterocycles. The Balaban J connectivity index is 2.38. The Bertz CT molecular complexity index is 686. The van der Waals surface area contributed by atoms with Gasteiger partial charge in [0.25, 0.3) is 0 Å². The summed E-state index contributed by atoms with van der Waals surface area (Å²) in [7, 11) is 0. The lowest BCUT2D eigenvalue weighted by atomic mass is 10.3. The molecule has 0 saturated carbocycles. The number of hydrogen-bond donors (Lipinski definition) is 0. The van der Waals surface area contributed by atoms with E-state index in [1.165, 1.54) is 6.20 Å². The average molecular weight is 314 g/mol. The summed E-state index contributed by atoms with van der Waals surface area (Å²) in [5.74, 6) is 0.656. The number of esters is 1. The summed E-state index contributed by atoms with van der Waals surface area (Å²) in [5.41, 5.74) is 0.142. The summed E-state index contributed by atoms with van der Waals surface area (Å²) in [6, 6.07) is 9.02. The van der Waals surface area contributed by atoms with Crippen LogP contribution in [-0.4, -0.2) is 29.2 Å². The number of carbonyl (C=O) groups is 1. The Labute approximate surface area is 134 Å². The van der Waals surface area contributed by atoms with Crippen molar-refractivity contribution in [2.45, 2.75) is 13.8 Å². The molecule has 2 aromatic rings. The maximum absolute atomic E-state index is 12.0. The summed E-state index contributed by atoms with van der Waals surface area (Å²) < 4.78 is 16.0. The summed E-state index contributed by atoms with van der Waals surface area (Å²) in [6.45, 7) is 8.00. The smallest absolute Gasteiger partial charge is 0.345 e. The molecule has 23 heavy (non-hydrogen) atoms. The zero-order valence-electron chi connectivity index (χ0n) is 13.1. The van der Waals surface area contributed by atoms with Gasteiger partial charge >= 0.3 is 5.97 Å². The molecule has 0 amide bonds. The van der Waals surface area contributed by atoms with Crippen LogP contribution in [0.1, 0.15) is 30.0 Å². The molecule has 0 unspecified atom stereocenters. The molecular weight excluding hydrogens is 296 g/mol. The zero-order chi connectivity index (χ0) is 16.7. The number of ether oxygens (including phenoxy) is 3. The van der Waals surface area contributed by atoms with E-state index in [0.717, 1.165) is 0 Å². The molecule has 2 rings (SSSR count). The van der Waals surface area contributed by atoms with Crippen molar-refractivity contribution in [3.8, 4) is 11.6 Å². The van der Waals surface area contributed by atoms with Gasteiger partial charge in [0.15, 0.2) is 11.6 Å². The van der Waals surface area contributed by atoms with Gasteiger partial charge < -0.3 is 14.2 Å². The van der Waals surface area contributed by atoms with Crippen molar-refractivity contribution in [1.82, 2.24) is 9.97 Å². The van der Waals surface area contributed by atoms with Crippen molar-refractivity contribution in [3.63, 3.8) is 0 Å². The third-order valence-electron chi connectivity index (χ3n) is 2.77. The molecule has 1 aromatic carbocycles. The first-order valence-electron chi connectivity index (χ1n) is 7.24. The van der Waals surface area contributed by atoms with Crippen LogP contribution in [0.4, 0.5) is 0 Å². The van der Waals surface area contributed by atoms with E-state index in [-0.39, 0.29) is 23.9 Å². The molecule has 120 valence electrons. The van der Waals surface area contributed by atoms with Gasteiger partial charge in [0.05, 0.1) is 13.2 Å². The zero-order valence-corrected chi connectivity index (χ0v) is 13.1. The lowest BCUT2D eigenvalue weighted by Gasteiger charge is -2.11. The second-order valence-electron chi connectivity index (χ2n) is 4.40. The molecule has 1 aromatic heterocycles. The van der Waals surface area contributed by atoms with E-state index in [0.29, 0.717) is 18.1 Å². The lowest BCUT2D eigenvalue weighted by Crippen LogP contribution is -2.10. The van der Waals surface area contributed by atoms with Gasteiger partial charge in [0.2, 0.25) is 5.88 Å². The van der Waals surface area contributed by atoms with Gasteiger partial charge in [0.1, 0.15) is 11.3 Å². The van der Waals surface area contributed by atoms with Gasteiger partial charge in [0, 0.05) is 6.20 Å². The first-order chi connectivity index (χ1) is 11.2. The van der Waals surface area contributed by atoms with Crippen LogP contribution in [0.3, 0.4) is 0 Å². The van der Waals surface area contributed by atoms with Crippen LogP contribution in [0.2, 0.25) is 0 Å². The van der Waals surface area contributed by atoms with Crippen LogP contribution in [0, 0.1) is 0 Å². The molecule has 0 aliphatic carbocycles. The molecule has 0 spiro atoms. The van der Waals surface area contributed by atoms with E-state index in [1.807, 2.05) is 25.1 Å². The van der Waals surface area contributed by atoms with Crippen LogP contribution >= 0.6 is 0 Å². The number of rotatable bonds is 7. The maximum atomic E-state index is 12.0. The fourth-order valence-electron chi connectivity index (χ4n) is 1.77. The molecule has 0 radical (unpaired) electrons. The SMILES string of the molecule is C=C(OCC)c1ncc(C(=O)OCC)c(Oc2ccccc2)n1. The minimum absolute atomic E-state index is 0.0977. The molecule has 0 fully saturated rings. The third kappa shape index (κ3) is 4.29. The summed E-state index contributed by atoms with van der Waals surface area (Å²) in [6.07, 6.45) is 1.35. The van der Waals surface area contributed by atoms with E-state index in [9.17, 15) is 4.79 Å². The standard InChI is InChI=1S/C17H18N2O4/c1-4-21-12(3)15-18-11-14(17(20)22-5-2)16(19-15)23-13-9-7-6-8-10-13/h6-11H,3-5H2,1-2H3. The number of benzene rings is 1. The van der Waals surface area contributed by atoms with Gasteiger partial charge in [-0.05, 0) is 26.0 Å². The summed E-state index contributed by atoms with van der Waals surface area (Å²) in [4.78, 5) is 20.3. The monoisotopic (exact) mass is 314 g/mol. The summed E-state index contributed by atoms with van der Waals surface area (Å²) >= 11 is 0. The molecule has 1 heterocycles. The topological polar surface area (TPSA) is 70.5 Å². The lowest BCUT2D eigenvalue weighted by molar-refractivity contribution is 0.0522. The van der Waals surface area contributed by atoms with Gasteiger partial charge in [-0.2, -0.15) is 4.98 Å². The van der Waals surface area contributed by atoms with E-state index < -0.39 is 5.97 Å². The number of carbonyl (C=O) groups excluding carboxylic acids is 1. The molecule has 6 nitrogen and oxygen atoms in total. The summed E-state index contributed by atoms with van der Waals surface area (Å²) in [5, 5.41) is 0. The quantitative estimate of drug-likeness (QED) is 0.576. The van der Waals surface area contributed by atoms with Crippen molar-refractivity contribution >= 4 is 11.7 Å². The minimum atomic E-state index is -0.549. The van der Waals surface area contributed by atoms with Crippen LogP contribution in [0.5, 0.6) is 11.6 Å². The molecular formula is C17H18N2O4. The molecule has 6 heteroatoms. The van der Waals surface area contributed by atoms with Crippen LogP contribution in [-0.2, 0) is 9.47 Å². The second kappa shape index (κ2) is 7.93. The Morgan fingerprint density at radius 3 is 2.48 bits per heavy atom. The van der Waals surface area contributed by atoms with Crippen molar-refractivity contribution in [3.05, 3.63) is 54.5 Å². The highest BCUT2D eigenvalue weighted by Crippen LogP contribution is 2.25. The van der Waals surface area contributed by atoms with E-state index in [4.69, 9.17) is 14.2 Å². The van der Waals surface area contributed by atoms with Gasteiger partial charge in [-0.15, -0.1) is 0 Å². The highest BCUT2D eigenvalue weighted by atomic mass is 16.5. The molecule has 0 N–H and O–H groups in total. The Hall–Kier alpha value is -2.89. The number of nitrogens with zero attached hydrogens (tertiary/aromatic N) is 2. The van der Waals surface area contributed by atoms with Crippen molar-refractivity contribution in [1.29, 1.82) is 0 Å². The molecule has 0 bridgehead atoms. The first kappa shape index (κ1) is 16.5. The first-order valence-corrected chi connectivity index (χ1v) is 7.24. The van der Waals surface area contributed by atoms with Gasteiger partial charge in [-0.1, -0.05) is 24.8 Å². The molecule has 0 atom stereocenters. The Morgan fingerprint density at radius 2 is 1.83 bits per heavy atom. The van der Waals surface area contributed by atoms with Crippen LogP contribution in [0.15, 0.2) is 43.1 Å². The maximum Gasteiger partial charge on any atom is 0.345 e. The van der Waals surface area contributed by atoms with Crippen molar-refractivity contribution < 1.29 is 19.0 Å². The normalized spacial score (nSPS) is 10.0. The van der Waals surface area contributed by atoms with Gasteiger partial charge in [-0.3, -0.25) is 0 Å². The molecule has 0 aliphatic rings. The van der Waals surface area contributed by atoms with Gasteiger partial charge in [-0.25, -0.2) is 9.78 Å². The highest BCUT2D eigenvalue weighted by molar-refractivity contribution is 5.91. The third-order valence-corrected chi connectivity index (χ3v) is 2.77. The van der Waals surface area contributed by atoms with Crippen molar-refractivity contribution in [2.75, 3.05) is 13.2 Å². The second-order valence-corrected chi connectivity index (χ2v) is 4.40. The van der Waals surface area contributed by atoms with Crippen LogP contribution < -0.4 is 4.74 Å². The Morgan fingerprint density at radius 1 is 1.13 bits per heavy atom. The largest absolute Gasteiger partial charge is 0.491 e. The number of hydrogen-bond acceptors (Lipinski definition) is 6. The number of para-hydroxylation sites is 1. The number of aromatic nitrogens is 2. The fourth-order valence-corrected chi connectivity index (χ4v) is 1.77. The molecule has 0 aliphatic heterocycles. The average Bonchev–Trinajstić information content (AvgIpc) is 2.56. The van der Waals surface area contributed by atoms with Crippen LogP contribution in [0.25, 0.3) is 5.76 Å². The minimum Gasteiger partial charge on any atom is -0.491 e. The predicted octanol–water partition coefficient (Wildman–Crippen LogP) is 3.45. The van der Waals surface area contributed by atoms with Crippen molar-refractivity contribution in [2.24, 2.45) is 0 Å².